The Balaban J connectivity index is 1.38. The van der Waals surface area contributed by atoms with E-state index in [1.54, 1.807) is 26.0 Å². The number of nitrogens with zero attached hydrogens (tertiary/aromatic N) is 2. The second-order valence-corrected chi connectivity index (χ2v) is 9.66. The first-order valence-electron chi connectivity index (χ1n) is 11.4. The van der Waals surface area contributed by atoms with E-state index in [-0.39, 0.29) is 0 Å². The Morgan fingerprint density at radius 2 is 2.00 bits per heavy atom. The van der Waals surface area contributed by atoms with Gasteiger partial charge in [0.05, 0.1) is 19.7 Å². The molecule has 2 aromatic carbocycles. The molecule has 0 aliphatic heterocycles. The minimum absolute atomic E-state index is 0.318. The van der Waals surface area contributed by atoms with Crippen LogP contribution in [0.5, 0.6) is 11.5 Å². The molecule has 2 heterocycles. The van der Waals surface area contributed by atoms with Crippen molar-refractivity contribution in [1.29, 1.82) is 0 Å². The third-order valence-corrected chi connectivity index (χ3v) is 7.12. The molecule has 35 heavy (non-hydrogen) atoms. The second-order valence-electron chi connectivity index (χ2n) is 8.32. The fourth-order valence-electron chi connectivity index (χ4n) is 4.47. The van der Waals surface area contributed by atoms with Crippen molar-refractivity contribution in [1.82, 2.24) is 15.2 Å². The zero-order valence-electron chi connectivity index (χ0n) is 19.8. The third kappa shape index (κ3) is 4.64. The van der Waals surface area contributed by atoms with Crippen molar-refractivity contribution in [2.24, 2.45) is 0 Å². The van der Waals surface area contributed by atoms with E-state index in [0.717, 1.165) is 45.0 Å². The van der Waals surface area contributed by atoms with E-state index in [2.05, 4.69) is 50.9 Å². The van der Waals surface area contributed by atoms with Gasteiger partial charge in [0, 0.05) is 22.2 Å². The molecule has 180 valence electrons. The number of anilines is 3. The average Bonchev–Trinajstić information content (AvgIpc) is 3.59. The van der Waals surface area contributed by atoms with Gasteiger partial charge in [0.25, 0.3) is 0 Å². The smallest absolute Gasteiger partial charge is 0.211 e. The van der Waals surface area contributed by atoms with Gasteiger partial charge in [-0.1, -0.05) is 13.0 Å². The molecule has 0 saturated heterocycles. The quantitative estimate of drug-likeness (QED) is 0.195. The number of rotatable bonds is 10. The normalized spacial score (nSPS) is 16.7. The topological polar surface area (TPSA) is 101 Å². The number of nitrogens with one attached hydrogen (secondary N) is 3. The van der Waals surface area contributed by atoms with Gasteiger partial charge in [-0.25, -0.2) is 4.98 Å². The Labute approximate surface area is 207 Å². The molecule has 2 aromatic heterocycles. The molecule has 0 radical (unpaired) electrons. The summed E-state index contributed by atoms with van der Waals surface area (Å²) in [5, 5.41) is 14.7. The molecule has 8 nitrogen and oxygen atoms in total. The molecule has 1 saturated carbocycles. The molecule has 1 amide bonds. The first-order chi connectivity index (χ1) is 17.1. The van der Waals surface area contributed by atoms with Crippen LogP contribution in [0.3, 0.4) is 0 Å². The summed E-state index contributed by atoms with van der Waals surface area (Å²) in [5.41, 5.74) is 4.10. The highest BCUT2D eigenvalue weighted by atomic mass is 32.2. The van der Waals surface area contributed by atoms with Crippen LogP contribution >= 0.6 is 11.8 Å². The summed E-state index contributed by atoms with van der Waals surface area (Å²) < 4.78 is 10.9. The lowest BCUT2D eigenvalue weighted by Gasteiger charge is -2.11. The van der Waals surface area contributed by atoms with Gasteiger partial charge in [0.15, 0.2) is 17.4 Å². The summed E-state index contributed by atoms with van der Waals surface area (Å²) in [5.74, 6) is 4.44. The largest absolute Gasteiger partial charge is 0.497 e. The number of aromatic amines is 1. The molecule has 4 aromatic rings. The Morgan fingerprint density at radius 3 is 2.77 bits per heavy atom. The van der Waals surface area contributed by atoms with E-state index in [4.69, 9.17) is 9.47 Å². The third-order valence-electron chi connectivity index (χ3n) is 6.27. The van der Waals surface area contributed by atoms with Gasteiger partial charge < -0.3 is 20.1 Å². The number of ether oxygens (including phenoxy) is 2. The highest BCUT2D eigenvalue weighted by molar-refractivity contribution is 7.99. The first-order valence-corrected chi connectivity index (χ1v) is 12.4. The maximum absolute atomic E-state index is 11.1. The zero-order valence-corrected chi connectivity index (χ0v) is 20.6. The van der Waals surface area contributed by atoms with Crippen LogP contribution in [-0.4, -0.2) is 41.6 Å². The number of aromatic nitrogens is 3. The number of hydrogen-bond acceptors (Lipinski definition) is 7. The number of H-pyrrole nitrogens is 1. The summed E-state index contributed by atoms with van der Waals surface area (Å²) in [7, 11) is 3.29. The van der Waals surface area contributed by atoms with E-state index in [9.17, 15) is 4.79 Å². The predicted molar refractivity (Wildman–Crippen MR) is 139 cm³/mol. The molecule has 5 rings (SSSR count). The predicted octanol–water partition coefficient (Wildman–Crippen LogP) is 5.67. The number of carbonyl (C=O) groups is 1. The minimum Gasteiger partial charge on any atom is -0.497 e. The Kier molecular flexibility index (Phi) is 6.50. The van der Waals surface area contributed by atoms with Crippen molar-refractivity contribution < 1.29 is 14.3 Å². The second kappa shape index (κ2) is 9.87. The number of carbonyl (C=O) groups excluding carboxylic acids is 1. The van der Waals surface area contributed by atoms with E-state index in [1.807, 2.05) is 30.5 Å². The summed E-state index contributed by atoms with van der Waals surface area (Å²) in [4.78, 5) is 16.7. The minimum atomic E-state index is 0.318. The van der Waals surface area contributed by atoms with Gasteiger partial charge in [-0.3, -0.25) is 9.89 Å². The van der Waals surface area contributed by atoms with Crippen molar-refractivity contribution in [2.75, 3.05) is 30.6 Å². The molecule has 1 aliphatic carbocycles. The lowest BCUT2D eigenvalue weighted by molar-refractivity contribution is -0.105. The Morgan fingerprint density at radius 1 is 1.11 bits per heavy atom. The van der Waals surface area contributed by atoms with Crippen LogP contribution in [-0.2, 0) is 4.79 Å². The van der Waals surface area contributed by atoms with Gasteiger partial charge >= 0.3 is 0 Å². The van der Waals surface area contributed by atoms with Crippen LogP contribution in [0.4, 0.5) is 17.3 Å². The van der Waals surface area contributed by atoms with Crippen LogP contribution in [0.15, 0.2) is 53.6 Å². The lowest BCUT2D eigenvalue weighted by atomic mass is 10.0. The van der Waals surface area contributed by atoms with Gasteiger partial charge in [0.1, 0.15) is 5.75 Å². The number of thioether (sulfide) groups is 1. The standard InChI is InChI=1S/C26H27N5O3S/c1-4-35-17-11-24(34-3)26(27-13-17)29-25-18-7-5-15(9-23(18)30-31-25)19-12-20(19)21-10-16(33-2)6-8-22(21)28-14-32/h5-11,13-14,19-20H,4,12H2,1-3H3,(H,28,32)(H2,27,29,30,31). The first kappa shape index (κ1) is 23.0. The van der Waals surface area contributed by atoms with Gasteiger partial charge in [-0.15, -0.1) is 11.8 Å². The van der Waals surface area contributed by atoms with Crippen molar-refractivity contribution in [3.8, 4) is 11.5 Å². The number of fused-ring (bicyclic) bond motifs is 1. The number of pyridine rings is 1. The van der Waals surface area contributed by atoms with Crippen LogP contribution in [0.2, 0.25) is 0 Å². The summed E-state index contributed by atoms with van der Waals surface area (Å²) >= 11 is 1.72. The van der Waals surface area contributed by atoms with Gasteiger partial charge in [0.2, 0.25) is 6.41 Å². The summed E-state index contributed by atoms with van der Waals surface area (Å²) in [6, 6.07) is 14.1. The van der Waals surface area contributed by atoms with Crippen molar-refractivity contribution in [2.45, 2.75) is 30.1 Å². The fourth-order valence-corrected chi connectivity index (χ4v) is 5.12. The Hall–Kier alpha value is -3.72. The molecular formula is C26H27N5O3S. The van der Waals surface area contributed by atoms with Gasteiger partial charge in [-0.05, 0) is 71.5 Å². The average molecular weight is 490 g/mol. The van der Waals surface area contributed by atoms with Crippen molar-refractivity contribution in [3.63, 3.8) is 0 Å². The van der Waals surface area contributed by atoms with Crippen LogP contribution in [0.1, 0.15) is 36.3 Å². The van der Waals surface area contributed by atoms with Crippen LogP contribution in [0, 0.1) is 0 Å². The zero-order chi connectivity index (χ0) is 24.4. The number of methoxy groups -OCH3 is 2. The van der Waals surface area contributed by atoms with Gasteiger partial charge in [-0.2, -0.15) is 5.10 Å². The molecule has 2 unspecified atom stereocenters. The highest BCUT2D eigenvalue weighted by Crippen LogP contribution is 2.57. The molecule has 2 atom stereocenters. The van der Waals surface area contributed by atoms with Crippen LogP contribution < -0.4 is 20.1 Å². The molecule has 1 fully saturated rings. The summed E-state index contributed by atoms with van der Waals surface area (Å²) in [6.45, 7) is 2.11. The van der Waals surface area contributed by atoms with E-state index >= 15 is 0 Å². The van der Waals surface area contributed by atoms with E-state index in [0.29, 0.717) is 35.6 Å². The molecule has 0 spiro atoms. The molecule has 1 aliphatic rings. The van der Waals surface area contributed by atoms with E-state index < -0.39 is 0 Å². The molecule has 3 N–H and O–H groups in total. The Bertz CT molecular complexity index is 1370. The van der Waals surface area contributed by atoms with Crippen LogP contribution in [0.25, 0.3) is 10.9 Å². The number of hydrogen-bond donors (Lipinski definition) is 3. The van der Waals surface area contributed by atoms with Crippen molar-refractivity contribution in [3.05, 3.63) is 59.8 Å². The maximum atomic E-state index is 11.1. The van der Waals surface area contributed by atoms with Crippen molar-refractivity contribution >= 4 is 46.4 Å². The summed E-state index contributed by atoms with van der Waals surface area (Å²) in [6.07, 6.45) is 3.56. The van der Waals surface area contributed by atoms with E-state index in [1.165, 1.54) is 5.56 Å². The number of benzene rings is 2. The molecule has 0 bridgehead atoms. The SMILES string of the molecule is CCSc1cnc(Nc2n[nH]c3cc(C4CC4c4cc(OC)ccc4NC=O)ccc23)c(OC)c1. The molecule has 9 heteroatoms. The maximum Gasteiger partial charge on any atom is 0.211 e. The lowest BCUT2D eigenvalue weighted by Crippen LogP contribution is -1.99. The monoisotopic (exact) mass is 489 g/mol. The highest BCUT2D eigenvalue weighted by Gasteiger charge is 2.41. The fraction of sp³-hybridized carbons (Fsp3) is 0.269. The number of amides is 1. The molecular weight excluding hydrogens is 462 g/mol.